The summed E-state index contributed by atoms with van der Waals surface area (Å²) in [5, 5.41) is 3.25. The van der Waals surface area contributed by atoms with Crippen molar-refractivity contribution >= 4 is 29.1 Å². The fourth-order valence-electron chi connectivity index (χ4n) is 3.89. The highest BCUT2D eigenvalue weighted by atomic mass is 35.5. The van der Waals surface area contributed by atoms with Gasteiger partial charge in [-0.05, 0) is 68.5 Å². The first-order valence-corrected chi connectivity index (χ1v) is 9.58. The van der Waals surface area contributed by atoms with Gasteiger partial charge in [-0.1, -0.05) is 6.07 Å². The van der Waals surface area contributed by atoms with E-state index in [0.717, 1.165) is 17.5 Å². The van der Waals surface area contributed by atoms with Crippen molar-refractivity contribution in [1.29, 1.82) is 0 Å². The second kappa shape index (κ2) is 7.87. The molecule has 2 fully saturated rings. The highest BCUT2D eigenvalue weighted by Gasteiger charge is 2.34. The summed E-state index contributed by atoms with van der Waals surface area (Å²) >= 11 is 11.9. The smallest absolute Gasteiger partial charge is 0.251 e. The average molecular weight is 355 g/mol. The molecular weight excluding hydrogens is 331 g/mol. The highest BCUT2D eigenvalue weighted by molar-refractivity contribution is 6.18. The van der Waals surface area contributed by atoms with Crippen molar-refractivity contribution in [2.24, 2.45) is 0 Å². The van der Waals surface area contributed by atoms with E-state index in [-0.39, 0.29) is 11.9 Å². The lowest BCUT2D eigenvalue weighted by molar-refractivity contribution is 0.0912. The SMILES string of the molecule is O=C(NC1CCCC1N1CCCC1)c1ccc(CCl)c(CCl)c1. The van der Waals surface area contributed by atoms with Crippen LogP contribution in [0.2, 0.25) is 0 Å². The van der Waals surface area contributed by atoms with Crippen molar-refractivity contribution < 1.29 is 4.79 Å². The van der Waals surface area contributed by atoms with E-state index in [4.69, 9.17) is 23.2 Å². The molecule has 2 aliphatic rings. The van der Waals surface area contributed by atoms with Gasteiger partial charge < -0.3 is 5.32 Å². The van der Waals surface area contributed by atoms with Gasteiger partial charge in [0.15, 0.2) is 0 Å². The van der Waals surface area contributed by atoms with Crippen LogP contribution in [0.1, 0.15) is 53.6 Å². The molecule has 1 heterocycles. The van der Waals surface area contributed by atoms with Gasteiger partial charge >= 0.3 is 0 Å². The van der Waals surface area contributed by atoms with Gasteiger partial charge in [0, 0.05) is 29.4 Å². The zero-order chi connectivity index (χ0) is 16.2. The minimum Gasteiger partial charge on any atom is -0.348 e. The monoisotopic (exact) mass is 354 g/mol. The van der Waals surface area contributed by atoms with Crippen LogP contribution in [0.3, 0.4) is 0 Å². The third-order valence-corrected chi connectivity index (χ3v) is 5.74. The van der Waals surface area contributed by atoms with Crippen molar-refractivity contribution in [2.75, 3.05) is 13.1 Å². The maximum atomic E-state index is 12.6. The zero-order valence-electron chi connectivity index (χ0n) is 13.4. The fraction of sp³-hybridized carbons (Fsp3) is 0.611. The molecule has 1 aliphatic carbocycles. The molecule has 3 nitrogen and oxygen atoms in total. The Morgan fingerprint density at radius 3 is 2.52 bits per heavy atom. The number of benzene rings is 1. The predicted octanol–water partition coefficient (Wildman–Crippen LogP) is 3.91. The number of rotatable bonds is 5. The number of hydrogen-bond donors (Lipinski definition) is 1. The van der Waals surface area contributed by atoms with E-state index in [1.807, 2.05) is 18.2 Å². The largest absolute Gasteiger partial charge is 0.348 e. The number of nitrogens with zero attached hydrogens (tertiary/aromatic N) is 1. The summed E-state index contributed by atoms with van der Waals surface area (Å²) in [5.41, 5.74) is 2.62. The Kier molecular flexibility index (Phi) is 5.84. The van der Waals surface area contributed by atoms with E-state index >= 15 is 0 Å². The minimum atomic E-state index is 0.00795. The molecular formula is C18H24Cl2N2O. The molecule has 5 heteroatoms. The lowest BCUT2D eigenvalue weighted by Crippen LogP contribution is -2.47. The Bertz CT molecular complexity index is 558. The summed E-state index contributed by atoms with van der Waals surface area (Å²) in [5.74, 6) is 0.806. The third kappa shape index (κ3) is 3.84. The van der Waals surface area contributed by atoms with Gasteiger partial charge in [0.1, 0.15) is 0 Å². The standard InChI is InChI=1S/C18H24Cl2N2O/c19-11-14-7-6-13(10-15(14)12-20)18(23)21-16-4-3-5-17(16)22-8-1-2-9-22/h6-7,10,16-17H,1-5,8-9,11-12H2,(H,21,23). The first-order chi connectivity index (χ1) is 11.2. The van der Waals surface area contributed by atoms with E-state index in [0.29, 0.717) is 23.4 Å². The molecule has 3 rings (SSSR count). The van der Waals surface area contributed by atoms with Crippen molar-refractivity contribution in [1.82, 2.24) is 10.2 Å². The van der Waals surface area contributed by atoms with Crippen LogP contribution in [-0.2, 0) is 11.8 Å². The summed E-state index contributed by atoms with van der Waals surface area (Å²) in [6.45, 7) is 2.36. The molecule has 23 heavy (non-hydrogen) atoms. The number of alkyl halides is 2. The molecule has 0 spiro atoms. The van der Waals surface area contributed by atoms with Crippen LogP contribution < -0.4 is 5.32 Å². The Hall–Kier alpha value is -0.770. The topological polar surface area (TPSA) is 32.3 Å². The Morgan fingerprint density at radius 2 is 1.83 bits per heavy atom. The first-order valence-electron chi connectivity index (χ1n) is 8.51. The van der Waals surface area contributed by atoms with Crippen molar-refractivity contribution in [3.63, 3.8) is 0 Å². The number of halogens is 2. The average Bonchev–Trinajstić information content (AvgIpc) is 3.25. The van der Waals surface area contributed by atoms with Gasteiger partial charge in [0.05, 0.1) is 0 Å². The van der Waals surface area contributed by atoms with Crippen LogP contribution in [0.4, 0.5) is 0 Å². The molecule has 0 bridgehead atoms. The Morgan fingerprint density at radius 1 is 1.09 bits per heavy atom. The van der Waals surface area contributed by atoms with E-state index in [2.05, 4.69) is 10.2 Å². The lowest BCUT2D eigenvalue weighted by atomic mass is 10.0. The summed E-state index contributed by atoms with van der Waals surface area (Å²) < 4.78 is 0. The molecule has 126 valence electrons. The van der Waals surface area contributed by atoms with Crippen LogP contribution in [0.15, 0.2) is 18.2 Å². The number of hydrogen-bond acceptors (Lipinski definition) is 2. The molecule has 0 radical (unpaired) electrons. The molecule has 1 saturated heterocycles. The van der Waals surface area contributed by atoms with E-state index in [1.54, 1.807) is 0 Å². The van der Waals surface area contributed by atoms with Crippen LogP contribution >= 0.6 is 23.2 Å². The van der Waals surface area contributed by atoms with Crippen molar-refractivity contribution in [3.05, 3.63) is 34.9 Å². The molecule has 0 aromatic heterocycles. The number of carbonyl (C=O) groups is 1. The normalized spacial score (nSPS) is 25.0. The van der Waals surface area contributed by atoms with E-state index in [1.165, 1.54) is 38.8 Å². The number of likely N-dealkylation sites (tertiary alicyclic amines) is 1. The van der Waals surface area contributed by atoms with Gasteiger partial charge in [0.2, 0.25) is 0 Å². The van der Waals surface area contributed by atoms with Gasteiger partial charge in [-0.25, -0.2) is 0 Å². The summed E-state index contributed by atoms with van der Waals surface area (Å²) in [6.07, 6.45) is 6.05. The quantitative estimate of drug-likeness (QED) is 0.813. The number of nitrogens with one attached hydrogen (secondary N) is 1. The molecule has 1 aliphatic heterocycles. The molecule has 2 atom stereocenters. The fourth-order valence-corrected chi connectivity index (χ4v) is 4.40. The summed E-state index contributed by atoms with van der Waals surface area (Å²) in [6, 6.07) is 6.42. The first kappa shape index (κ1) is 17.1. The molecule has 1 aromatic rings. The summed E-state index contributed by atoms with van der Waals surface area (Å²) in [4.78, 5) is 15.2. The number of carbonyl (C=O) groups excluding carboxylic acids is 1. The van der Waals surface area contributed by atoms with Gasteiger partial charge in [-0.2, -0.15) is 0 Å². The second-order valence-electron chi connectivity index (χ2n) is 6.57. The zero-order valence-corrected chi connectivity index (χ0v) is 14.9. The molecule has 1 aromatic carbocycles. The minimum absolute atomic E-state index is 0.00795. The maximum Gasteiger partial charge on any atom is 0.251 e. The molecule has 1 saturated carbocycles. The maximum absolute atomic E-state index is 12.6. The number of amides is 1. The molecule has 1 N–H and O–H groups in total. The third-order valence-electron chi connectivity index (χ3n) is 5.16. The second-order valence-corrected chi connectivity index (χ2v) is 7.11. The molecule has 2 unspecified atom stereocenters. The lowest BCUT2D eigenvalue weighted by Gasteiger charge is -2.29. The summed E-state index contributed by atoms with van der Waals surface area (Å²) in [7, 11) is 0. The van der Waals surface area contributed by atoms with Crippen LogP contribution in [0.5, 0.6) is 0 Å². The van der Waals surface area contributed by atoms with Crippen LogP contribution in [-0.4, -0.2) is 36.0 Å². The van der Waals surface area contributed by atoms with Crippen molar-refractivity contribution in [2.45, 2.75) is 55.9 Å². The predicted molar refractivity (Wildman–Crippen MR) is 95.3 cm³/mol. The van der Waals surface area contributed by atoms with Gasteiger partial charge in [-0.3, -0.25) is 9.69 Å². The highest BCUT2D eigenvalue weighted by Crippen LogP contribution is 2.27. The Balaban J connectivity index is 1.68. The van der Waals surface area contributed by atoms with Crippen molar-refractivity contribution in [3.8, 4) is 0 Å². The molecule has 1 amide bonds. The Labute approximate surface area is 148 Å². The van der Waals surface area contributed by atoms with Gasteiger partial charge in [-0.15, -0.1) is 23.2 Å². The van der Waals surface area contributed by atoms with Gasteiger partial charge in [0.25, 0.3) is 5.91 Å². The van der Waals surface area contributed by atoms with E-state index < -0.39 is 0 Å². The van der Waals surface area contributed by atoms with E-state index in [9.17, 15) is 4.79 Å². The van der Waals surface area contributed by atoms with Crippen LogP contribution in [0, 0.1) is 0 Å². The van der Waals surface area contributed by atoms with Crippen LogP contribution in [0.25, 0.3) is 0 Å².